The summed E-state index contributed by atoms with van der Waals surface area (Å²) in [4.78, 5) is 25.1. The van der Waals surface area contributed by atoms with E-state index in [1.165, 1.54) is 0 Å². The molecule has 0 rings (SSSR count). The second-order valence-corrected chi connectivity index (χ2v) is 6.80. The predicted octanol–water partition coefficient (Wildman–Crippen LogP) is 2.52. The average Bonchev–Trinajstić information content (AvgIpc) is 2.31. The Morgan fingerprint density at radius 2 is 1.65 bits per heavy atom. The maximum absolute atomic E-state index is 12.2. The van der Waals surface area contributed by atoms with E-state index < -0.39 is 12.0 Å². The molecule has 0 aromatic carbocycles. The zero-order chi connectivity index (χ0) is 15.7. The molecule has 2 amide bonds. The van der Waals surface area contributed by atoms with Crippen molar-refractivity contribution in [3.05, 3.63) is 0 Å². The third-order valence-corrected chi connectivity index (χ3v) is 3.31. The number of amides is 2. The summed E-state index contributed by atoms with van der Waals surface area (Å²) in [6.45, 7) is 9.45. The van der Waals surface area contributed by atoms with Crippen molar-refractivity contribution in [3.8, 4) is 0 Å². The molecule has 0 aliphatic heterocycles. The number of aliphatic carboxylic acids is 1. The number of hydrogen-bond donors (Lipinski definition) is 2. The van der Waals surface area contributed by atoms with Crippen LogP contribution in [0.2, 0.25) is 0 Å². The molecule has 0 bridgehead atoms. The first-order chi connectivity index (χ1) is 9.27. The van der Waals surface area contributed by atoms with E-state index >= 15 is 0 Å². The van der Waals surface area contributed by atoms with Crippen LogP contribution in [0, 0.1) is 11.8 Å². The second-order valence-electron chi connectivity index (χ2n) is 5.81. The van der Waals surface area contributed by atoms with Gasteiger partial charge in [0.25, 0.3) is 0 Å². The van der Waals surface area contributed by atoms with Gasteiger partial charge >= 0.3 is 12.0 Å². The molecule has 2 N–H and O–H groups in total. The lowest BCUT2D eigenvalue weighted by Gasteiger charge is -2.28. The van der Waals surface area contributed by atoms with Gasteiger partial charge in [-0.2, -0.15) is 11.8 Å². The molecule has 0 radical (unpaired) electrons. The van der Waals surface area contributed by atoms with Crippen molar-refractivity contribution >= 4 is 23.8 Å². The molecule has 0 saturated carbocycles. The predicted molar refractivity (Wildman–Crippen MR) is 84.2 cm³/mol. The molecular weight excluding hydrogens is 276 g/mol. The summed E-state index contributed by atoms with van der Waals surface area (Å²) in [6, 6.07) is -1.09. The first-order valence-corrected chi connectivity index (χ1v) is 8.44. The van der Waals surface area contributed by atoms with Gasteiger partial charge in [-0.1, -0.05) is 27.7 Å². The molecule has 0 fully saturated rings. The number of rotatable bonds is 9. The minimum absolute atomic E-state index is 0.277. The van der Waals surface area contributed by atoms with Crippen molar-refractivity contribution in [1.82, 2.24) is 10.2 Å². The molecule has 1 atom stereocenters. The third-order valence-electron chi connectivity index (χ3n) is 2.66. The SMILES string of the molecule is CSCC[C@H](NC(=O)N(CC(C)C)CC(C)C)C(=O)O. The van der Waals surface area contributed by atoms with Crippen molar-refractivity contribution in [2.45, 2.75) is 40.2 Å². The summed E-state index contributed by atoms with van der Waals surface area (Å²) < 4.78 is 0. The number of carboxylic acids is 1. The molecule has 20 heavy (non-hydrogen) atoms. The maximum atomic E-state index is 12.2. The highest BCUT2D eigenvalue weighted by atomic mass is 32.2. The van der Waals surface area contributed by atoms with Crippen molar-refractivity contribution < 1.29 is 14.7 Å². The van der Waals surface area contributed by atoms with Crippen LogP contribution in [0.3, 0.4) is 0 Å². The van der Waals surface area contributed by atoms with E-state index in [2.05, 4.69) is 5.32 Å². The Kier molecular flexibility index (Phi) is 9.46. The highest BCUT2D eigenvalue weighted by Crippen LogP contribution is 2.06. The van der Waals surface area contributed by atoms with E-state index in [1.807, 2.05) is 34.0 Å². The third kappa shape index (κ3) is 8.30. The average molecular weight is 304 g/mol. The van der Waals surface area contributed by atoms with Gasteiger partial charge < -0.3 is 15.3 Å². The first kappa shape index (κ1) is 19.1. The number of urea groups is 1. The van der Waals surface area contributed by atoms with Crippen LogP contribution in [0.25, 0.3) is 0 Å². The van der Waals surface area contributed by atoms with Gasteiger partial charge in [0.15, 0.2) is 0 Å². The molecule has 118 valence electrons. The highest BCUT2D eigenvalue weighted by molar-refractivity contribution is 7.98. The summed E-state index contributed by atoms with van der Waals surface area (Å²) in [7, 11) is 0. The smallest absolute Gasteiger partial charge is 0.326 e. The Bertz CT molecular complexity index is 299. The van der Waals surface area contributed by atoms with Crippen molar-refractivity contribution in [2.75, 3.05) is 25.1 Å². The van der Waals surface area contributed by atoms with E-state index in [-0.39, 0.29) is 6.03 Å². The maximum Gasteiger partial charge on any atom is 0.326 e. The number of carbonyl (C=O) groups is 2. The Balaban J connectivity index is 4.64. The van der Waals surface area contributed by atoms with Crippen LogP contribution >= 0.6 is 11.8 Å². The molecule has 0 saturated heterocycles. The Hall–Kier alpha value is -0.910. The van der Waals surface area contributed by atoms with E-state index in [0.29, 0.717) is 37.1 Å². The first-order valence-electron chi connectivity index (χ1n) is 7.05. The molecule has 0 unspecified atom stereocenters. The molecule has 5 nitrogen and oxygen atoms in total. The normalized spacial score (nSPS) is 12.6. The van der Waals surface area contributed by atoms with Crippen LogP contribution in [0.15, 0.2) is 0 Å². The summed E-state index contributed by atoms with van der Waals surface area (Å²) in [5.74, 6) is 0.454. The van der Waals surface area contributed by atoms with Crippen LogP contribution in [-0.4, -0.2) is 53.1 Å². The van der Waals surface area contributed by atoms with Crippen molar-refractivity contribution in [2.24, 2.45) is 11.8 Å². The fraction of sp³-hybridized carbons (Fsp3) is 0.857. The Morgan fingerprint density at radius 1 is 1.15 bits per heavy atom. The zero-order valence-electron chi connectivity index (χ0n) is 13.2. The van der Waals surface area contributed by atoms with Gasteiger partial charge in [0.05, 0.1) is 0 Å². The summed E-state index contributed by atoms with van der Waals surface area (Å²) in [5, 5.41) is 11.8. The highest BCUT2D eigenvalue weighted by Gasteiger charge is 2.23. The molecule has 0 aliphatic carbocycles. The number of nitrogens with one attached hydrogen (secondary N) is 1. The number of carbonyl (C=O) groups excluding carboxylic acids is 1. The standard InChI is InChI=1S/C14H28N2O3S/c1-10(2)8-16(9-11(3)4)14(19)15-12(13(17)18)6-7-20-5/h10-12H,6-9H2,1-5H3,(H,15,19)(H,17,18)/t12-/m0/s1. The number of carboxylic acid groups (broad SMARTS) is 1. The molecule has 6 heteroatoms. The molecule has 0 heterocycles. The molecule has 0 spiro atoms. The molecule has 0 aromatic rings. The quantitative estimate of drug-likeness (QED) is 0.687. The summed E-state index contributed by atoms with van der Waals surface area (Å²) in [5.41, 5.74) is 0. The van der Waals surface area contributed by atoms with Crippen molar-refractivity contribution in [3.63, 3.8) is 0 Å². The van der Waals surface area contributed by atoms with Gasteiger partial charge in [0.1, 0.15) is 6.04 Å². The lowest BCUT2D eigenvalue weighted by atomic mass is 10.1. The lowest BCUT2D eigenvalue weighted by molar-refractivity contribution is -0.139. The molecular formula is C14H28N2O3S. The number of nitrogens with zero attached hydrogens (tertiary/aromatic N) is 1. The van der Waals surface area contributed by atoms with E-state index in [9.17, 15) is 9.59 Å². The van der Waals surface area contributed by atoms with Gasteiger partial charge in [-0.3, -0.25) is 0 Å². The minimum atomic E-state index is -0.971. The van der Waals surface area contributed by atoms with E-state index in [1.54, 1.807) is 16.7 Å². The van der Waals surface area contributed by atoms with Gasteiger partial charge in [-0.15, -0.1) is 0 Å². The fourth-order valence-corrected chi connectivity index (χ4v) is 2.33. The van der Waals surface area contributed by atoms with Crippen LogP contribution in [0.5, 0.6) is 0 Å². The van der Waals surface area contributed by atoms with E-state index in [0.717, 1.165) is 0 Å². The summed E-state index contributed by atoms with van der Waals surface area (Å²) >= 11 is 1.58. The molecule has 0 aliphatic rings. The largest absolute Gasteiger partial charge is 0.480 e. The Labute approximate surface area is 126 Å². The van der Waals surface area contributed by atoms with Crippen molar-refractivity contribution in [1.29, 1.82) is 0 Å². The molecule has 0 aromatic heterocycles. The topological polar surface area (TPSA) is 69.6 Å². The minimum Gasteiger partial charge on any atom is -0.480 e. The summed E-state index contributed by atoms with van der Waals surface area (Å²) in [6.07, 6.45) is 2.37. The fourth-order valence-electron chi connectivity index (χ4n) is 1.86. The van der Waals surface area contributed by atoms with Gasteiger partial charge in [0.2, 0.25) is 0 Å². The van der Waals surface area contributed by atoms with Crippen LogP contribution in [0.4, 0.5) is 4.79 Å². The van der Waals surface area contributed by atoms with Crippen LogP contribution < -0.4 is 5.32 Å². The second kappa shape index (κ2) is 9.91. The number of thioether (sulfide) groups is 1. The van der Waals surface area contributed by atoms with Gasteiger partial charge in [0, 0.05) is 13.1 Å². The number of hydrogen-bond acceptors (Lipinski definition) is 3. The van der Waals surface area contributed by atoms with Gasteiger partial charge in [-0.05, 0) is 30.3 Å². The zero-order valence-corrected chi connectivity index (χ0v) is 14.0. The van der Waals surface area contributed by atoms with Crippen LogP contribution in [0.1, 0.15) is 34.1 Å². The van der Waals surface area contributed by atoms with Gasteiger partial charge in [-0.25, -0.2) is 9.59 Å². The Morgan fingerprint density at radius 3 is 2.00 bits per heavy atom. The van der Waals surface area contributed by atoms with Crippen LogP contribution in [-0.2, 0) is 4.79 Å². The van der Waals surface area contributed by atoms with E-state index in [4.69, 9.17) is 5.11 Å². The lowest BCUT2D eigenvalue weighted by Crippen LogP contribution is -2.50. The monoisotopic (exact) mass is 304 g/mol.